The number of halogens is 1. The van der Waals surface area contributed by atoms with Crippen LogP contribution in [0.2, 0.25) is 0 Å². The number of aromatic nitrogens is 2. The van der Waals surface area contributed by atoms with E-state index in [1.807, 2.05) is 18.5 Å². The number of rotatable bonds is 6. The lowest BCUT2D eigenvalue weighted by Crippen LogP contribution is -2.21. The van der Waals surface area contributed by atoms with Gasteiger partial charge in [-0.05, 0) is 36.6 Å². The van der Waals surface area contributed by atoms with E-state index in [0.29, 0.717) is 5.75 Å². The quantitative estimate of drug-likeness (QED) is 0.830. The van der Waals surface area contributed by atoms with Gasteiger partial charge >= 0.3 is 0 Å². The van der Waals surface area contributed by atoms with Gasteiger partial charge in [0.25, 0.3) is 0 Å². The molecule has 2 rings (SSSR count). The summed E-state index contributed by atoms with van der Waals surface area (Å²) in [6, 6.07) is 6.69. The molecule has 0 fully saturated rings. The van der Waals surface area contributed by atoms with E-state index in [-0.39, 0.29) is 11.9 Å². The molecule has 0 radical (unpaired) electrons. The van der Waals surface area contributed by atoms with E-state index in [1.54, 1.807) is 6.07 Å². The summed E-state index contributed by atoms with van der Waals surface area (Å²) < 4.78 is 13.0. The first-order chi connectivity index (χ1) is 9.67. The van der Waals surface area contributed by atoms with Crippen molar-refractivity contribution in [3.8, 4) is 0 Å². The van der Waals surface area contributed by atoms with Crippen molar-refractivity contribution in [2.24, 2.45) is 5.73 Å². The summed E-state index contributed by atoms with van der Waals surface area (Å²) >= 11 is 1.52. The van der Waals surface area contributed by atoms with Crippen LogP contribution in [0.4, 0.5) is 4.39 Å². The second kappa shape index (κ2) is 7.36. The maximum Gasteiger partial charge on any atom is 0.138 e. The van der Waals surface area contributed by atoms with E-state index < -0.39 is 0 Å². The minimum atomic E-state index is -0.222. The molecule has 2 N–H and O–H groups in total. The van der Waals surface area contributed by atoms with Crippen LogP contribution in [0.3, 0.4) is 0 Å². The summed E-state index contributed by atoms with van der Waals surface area (Å²) in [5.74, 6) is 1.15. The largest absolute Gasteiger partial charge is 0.327 e. The van der Waals surface area contributed by atoms with Crippen molar-refractivity contribution in [2.75, 3.05) is 0 Å². The lowest BCUT2D eigenvalue weighted by Gasteiger charge is -2.08. The SMILES string of the molecule is CCC(N)Cc1cnc(CSc2cccc(F)c2)nc1. The van der Waals surface area contributed by atoms with E-state index in [9.17, 15) is 4.39 Å². The van der Waals surface area contributed by atoms with Gasteiger partial charge < -0.3 is 5.73 Å². The van der Waals surface area contributed by atoms with Crippen LogP contribution in [0, 0.1) is 5.82 Å². The van der Waals surface area contributed by atoms with Gasteiger partial charge in [-0.1, -0.05) is 13.0 Å². The van der Waals surface area contributed by atoms with Gasteiger partial charge in [-0.2, -0.15) is 0 Å². The molecule has 106 valence electrons. The van der Waals surface area contributed by atoms with Gasteiger partial charge in [0.2, 0.25) is 0 Å². The summed E-state index contributed by atoms with van der Waals surface area (Å²) in [5.41, 5.74) is 6.95. The Labute approximate surface area is 122 Å². The number of nitrogens with zero attached hydrogens (tertiary/aromatic N) is 2. The third-order valence-electron chi connectivity index (χ3n) is 2.95. The maximum atomic E-state index is 13.0. The molecule has 0 aliphatic heterocycles. The molecule has 0 saturated carbocycles. The first-order valence-corrected chi connectivity index (χ1v) is 7.59. The number of hydrogen-bond donors (Lipinski definition) is 1. The molecule has 1 aromatic carbocycles. The Hall–Kier alpha value is -1.46. The first-order valence-electron chi connectivity index (χ1n) is 6.61. The highest BCUT2D eigenvalue weighted by Crippen LogP contribution is 2.21. The number of benzene rings is 1. The Kier molecular flexibility index (Phi) is 5.49. The Morgan fingerprint density at radius 1 is 1.30 bits per heavy atom. The predicted octanol–water partition coefficient (Wildman–Crippen LogP) is 3.19. The highest BCUT2D eigenvalue weighted by molar-refractivity contribution is 7.98. The lowest BCUT2D eigenvalue weighted by atomic mass is 10.1. The molecule has 0 amide bonds. The van der Waals surface area contributed by atoms with Gasteiger partial charge in [-0.3, -0.25) is 0 Å². The Morgan fingerprint density at radius 3 is 2.70 bits per heavy atom. The average Bonchev–Trinajstić information content (AvgIpc) is 2.46. The van der Waals surface area contributed by atoms with Crippen LogP contribution in [-0.4, -0.2) is 16.0 Å². The topological polar surface area (TPSA) is 51.8 Å². The fourth-order valence-electron chi connectivity index (χ4n) is 1.71. The standard InChI is InChI=1S/C15H18FN3S/c1-2-13(17)6-11-8-18-15(19-9-11)10-20-14-5-3-4-12(16)7-14/h3-5,7-9,13H,2,6,10,17H2,1H3. The zero-order valence-corrected chi connectivity index (χ0v) is 12.2. The van der Waals surface area contributed by atoms with Gasteiger partial charge in [-0.15, -0.1) is 11.8 Å². The highest BCUT2D eigenvalue weighted by Gasteiger charge is 2.04. The first kappa shape index (κ1) is 14.9. The molecular weight excluding hydrogens is 273 g/mol. The van der Waals surface area contributed by atoms with Crippen LogP contribution in [0.5, 0.6) is 0 Å². The van der Waals surface area contributed by atoms with Crippen molar-refractivity contribution < 1.29 is 4.39 Å². The van der Waals surface area contributed by atoms with Crippen LogP contribution in [0.25, 0.3) is 0 Å². The maximum absolute atomic E-state index is 13.0. The van der Waals surface area contributed by atoms with Crippen molar-refractivity contribution in [1.29, 1.82) is 0 Å². The smallest absolute Gasteiger partial charge is 0.138 e. The predicted molar refractivity (Wildman–Crippen MR) is 80.0 cm³/mol. The van der Waals surface area contributed by atoms with Crippen molar-refractivity contribution >= 4 is 11.8 Å². The normalized spacial score (nSPS) is 12.3. The van der Waals surface area contributed by atoms with Gasteiger partial charge in [-0.25, -0.2) is 14.4 Å². The van der Waals surface area contributed by atoms with E-state index in [2.05, 4.69) is 16.9 Å². The van der Waals surface area contributed by atoms with Gasteiger partial charge in [0.15, 0.2) is 0 Å². The molecule has 0 saturated heterocycles. The fourth-order valence-corrected chi connectivity index (χ4v) is 2.53. The van der Waals surface area contributed by atoms with Crippen LogP contribution in [0.15, 0.2) is 41.6 Å². The van der Waals surface area contributed by atoms with Crippen LogP contribution in [-0.2, 0) is 12.2 Å². The zero-order valence-electron chi connectivity index (χ0n) is 11.4. The minimum Gasteiger partial charge on any atom is -0.327 e. The van der Waals surface area contributed by atoms with Crippen LogP contribution < -0.4 is 5.73 Å². The molecule has 5 heteroatoms. The van der Waals surface area contributed by atoms with E-state index >= 15 is 0 Å². The number of thioether (sulfide) groups is 1. The third kappa shape index (κ3) is 4.58. The second-order valence-corrected chi connectivity index (χ2v) is 5.67. The molecule has 20 heavy (non-hydrogen) atoms. The van der Waals surface area contributed by atoms with E-state index in [0.717, 1.165) is 29.1 Å². The van der Waals surface area contributed by atoms with Crippen molar-refractivity contribution in [2.45, 2.75) is 36.5 Å². The van der Waals surface area contributed by atoms with Crippen LogP contribution >= 0.6 is 11.8 Å². The molecule has 2 aromatic rings. The lowest BCUT2D eigenvalue weighted by molar-refractivity contribution is 0.624. The molecule has 0 spiro atoms. The summed E-state index contributed by atoms with van der Waals surface area (Å²) in [5, 5.41) is 0. The monoisotopic (exact) mass is 291 g/mol. The highest BCUT2D eigenvalue weighted by atomic mass is 32.2. The summed E-state index contributed by atoms with van der Waals surface area (Å²) in [6.07, 6.45) is 5.39. The van der Waals surface area contributed by atoms with Crippen molar-refractivity contribution in [1.82, 2.24) is 9.97 Å². The Balaban J connectivity index is 1.90. The van der Waals surface area contributed by atoms with Crippen molar-refractivity contribution in [3.63, 3.8) is 0 Å². The van der Waals surface area contributed by atoms with Gasteiger partial charge in [0.05, 0.1) is 5.75 Å². The summed E-state index contributed by atoms with van der Waals surface area (Å²) in [6.45, 7) is 2.07. The molecule has 1 unspecified atom stereocenters. The third-order valence-corrected chi connectivity index (χ3v) is 3.93. The molecule has 3 nitrogen and oxygen atoms in total. The van der Waals surface area contributed by atoms with Crippen LogP contribution in [0.1, 0.15) is 24.7 Å². The molecule has 0 aliphatic carbocycles. The fraction of sp³-hybridized carbons (Fsp3) is 0.333. The summed E-state index contributed by atoms with van der Waals surface area (Å²) in [7, 11) is 0. The number of hydrogen-bond acceptors (Lipinski definition) is 4. The zero-order chi connectivity index (χ0) is 14.4. The summed E-state index contributed by atoms with van der Waals surface area (Å²) in [4.78, 5) is 9.52. The van der Waals surface area contributed by atoms with E-state index in [4.69, 9.17) is 5.73 Å². The van der Waals surface area contributed by atoms with Gasteiger partial charge in [0.1, 0.15) is 11.6 Å². The second-order valence-electron chi connectivity index (χ2n) is 4.63. The van der Waals surface area contributed by atoms with E-state index in [1.165, 1.54) is 23.9 Å². The molecule has 1 aromatic heterocycles. The molecule has 1 atom stereocenters. The van der Waals surface area contributed by atoms with Crippen molar-refractivity contribution in [3.05, 3.63) is 53.9 Å². The minimum absolute atomic E-state index is 0.158. The molecule has 1 heterocycles. The Bertz CT molecular complexity index is 545. The molecule has 0 bridgehead atoms. The average molecular weight is 291 g/mol. The molecule has 0 aliphatic rings. The Morgan fingerprint density at radius 2 is 2.05 bits per heavy atom. The number of nitrogens with two attached hydrogens (primary N) is 1. The van der Waals surface area contributed by atoms with Gasteiger partial charge in [0, 0.05) is 23.3 Å². The molecular formula is C15H18FN3S.